The van der Waals surface area contributed by atoms with Gasteiger partial charge >= 0.3 is 0 Å². The molecule has 0 amide bonds. The molecule has 0 spiro atoms. The van der Waals surface area contributed by atoms with Gasteiger partial charge in [0, 0.05) is 12.1 Å². The second-order valence-corrected chi connectivity index (χ2v) is 4.30. The third-order valence-electron chi connectivity index (χ3n) is 3.38. The van der Waals surface area contributed by atoms with Crippen molar-refractivity contribution in [3.8, 4) is 0 Å². The maximum atomic E-state index is 3.72. The number of nitrogens with one attached hydrogen (secondary N) is 1. The zero-order valence-corrected chi connectivity index (χ0v) is 8.18. The maximum Gasteiger partial charge on any atom is 0.00978 e. The highest BCUT2D eigenvalue weighted by Crippen LogP contribution is 2.31. The number of fused-ring (bicyclic) bond motifs is 1. The van der Waals surface area contributed by atoms with E-state index in [0.717, 1.165) is 18.0 Å². The highest BCUT2D eigenvalue weighted by Gasteiger charge is 2.29. The van der Waals surface area contributed by atoms with Gasteiger partial charge in [-0.05, 0) is 38.5 Å². The second kappa shape index (κ2) is 4.24. The van der Waals surface area contributed by atoms with E-state index in [2.05, 4.69) is 12.2 Å². The molecule has 1 aliphatic carbocycles. The first kappa shape index (κ1) is 10.0. The minimum Gasteiger partial charge on any atom is -0.344 e. The molecule has 1 saturated carbocycles. The lowest BCUT2D eigenvalue weighted by molar-refractivity contribution is 0.182. The van der Waals surface area contributed by atoms with E-state index in [-0.39, 0.29) is 6.15 Å². The van der Waals surface area contributed by atoms with Crippen molar-refractivity contribution in [3.05, 3.63) is 0 Å². The Balaban J connectivity index is 0.000000720. The topological polar surface area (TPSA) is 47.0 Å². The first-order valence-corrected chi connectivity index (χ1v) is 5.12. The number of rotatable bonds is 0. The molecule has 0 aromatic heterocycles. The van der Waals surface area contributed by atoms with Gasteiger partial charge in [0.05, 0.1) is 0 Å². The summed E-state index contributed by atoms with van der Waals surface area (Å²) in [6.07, 6.45) is 8.76. The molecule has 0 aromatic carbocycles. The van der Waals surface area contributed by atoms with Gasteiger partial charge < -0.3 is 11.5 Å². The summed E-state index contributed by atoms with van der Waals surface area (Å²) in [6, 6.07) is 1.67. The molecule has 12 heavy (non-hydrogen) atoms. The Hall–Kier alpha value is -0.0800. The first-order valence-electron chi connectivity index (χ1n) is 5.12. The summed E-state index contributed by atoms with van der Waals surface area (Å²) in [6.45, 7) is 2.32. The predicted molar refractivity (Wildman–Crippen MR) is 52.6 cm³/mol. The van der Waals surface area contributed by atoms with Gasteiger partial charge in [-0.3, -0.25) is 0 Å². The minimum atomic E-state index is 0. The predicted octanol–water partition coefficient (Wildman–Crippen LogP) is 2.48. The van der Waals surface area contributed by atoms with Crippen LogP contribution in [0.15, 0.2) is 0 Å². The van der Waals surface area contributed by atoms with Gasteiger partial charge in [0.1, 0.15) is 0 Å². The van der Waals surface area contributed by atoms with Gasteiger partial charge in [-0.15, -0.1) is 0 Å². The van der Waals surface area contributed by atoms with Crippen molar-refractivity contribution >= 4 is 0 Å². The standard InChI is InChI=1S/C10H19N.H3N/c1-8-6-7-9-4-2-3-5-10(9)11-8;/h8-11H,2-7H2,1H3;1H3. The molecule has 1 aliphatic heterocycles. The van der Waals surface area contributed by atoms with Crippen LogP contribution in [0, 0.1) is 5.92 Å². The molecule has 2 fully saturated rings. The fourth-order valence-electron chi connectivity index (χ4n) is 2.69. The zero-order chi connectivity index (χ0) is 7.68. The van der Waals surface area contributed by atoms with E-state index < -0.39 is 0 Å². The van der Waals surface area contributed by atoms with E-state index in [1.54, 1.807) is 0 Å². The Kier molecular flexibility index (Phi) is 3.53. The molecule has 3 atom stereocenters. The Bertz CT molecular complexity index is 136. The van der Waals surface area contributed by atoms with Crippen LogP contribution in [0.2, 0.25) is 0 Å². The Morgan fingerprint density at radius 2 is 1.75 bits per heavy atom. The molecule has 0 aromatic rings. The van der Waals surface area contributed by atoms with Crippen LogP contribution >= 0.6 is 0 Å². The Morgan fingerprint density at radius 3 is 2.58 bits per heavy atom. The van der Waals surface area contributed by atoms with Crippen LogP contribution in [0.1, 0.15) is 45.4 Å². The van der Waals surface area contributed by atoms with Crippen LogP contribution in [-0.2, 0) is 0 Å². The smallest absolute Gasteiger partial charge is 0.00978 e. The van der Waals surface area contributed by atoms with Crippen molar-refractivity contribution in [2.24, 2.45) is 5.92 Å². The van der Waals surface area contributed by atoms with E-state index in [4.69, 9.17) is 0 Å². The molecule has 1 saturated heterocycles. The Labute approximate surface area is 75.7 Å². The quantitative estimate of drug-likeness (QED) is 0.586. The van der Waals surface area contributed by atoms with Crippen LogP contribution < -0.4 is 11.5 Å². The molecule has 0 bridgehead atoms. The van der Waals surface area contributed by atoms with E-state index in [1.807, 2.05) is 0 Å². The normalized spacial score (nSPS) is 41.2. The second-order valence-electron chi connectivity index (χ2n) is 4.30. The number of hydrogen-bond donors (Lipinski definition) is 2. The van der Waals surface area contributed by atoms with Crippen LogP contribution in [0.4, 0.5) is 0 Å². The number of piperidine rings is 1. The van der Waals surface area contributed by atoms with Crippen molar-refractivity contribution in [1.82, 2.24) is 11.5 Å². The molecular weight excluding hydrogens is 148 g/mol. The fourth-order valence-corrected chi connectivity index (χ4v) is 2.69. The SMILES string of the molecule is CC1CCC2CCCCC2N1.N. The summed E-state index contributed by atoms with van der Waals surface area (Å²) in [5.74, 6) is 1.03. The van der Waals surface area contributed by atoms with E-state index in [0.29, 0.717) is 0 Å². The van der Waals surface area contributed by atoms with E-state index >= 15 is 0 Å². The van der Waals surface area contributed by atoms with Crippen LogP contribution in [0.5, 0.6) is 0 Å². The fraction of sp³-hybridized carbons (Fsp3) is 1.00. The highest BCUT2D eigenvalue weighted by atomic mass is 15.0. The molecule has 3 unspecified atom stereocenters. The van der Waals surface area contributed by atoms with E-state index in [9.17, 15) is 0 Å². The van der Waals surface area contributed by atoms with Crippen LogP contribution in [0.25, 0.3) is 0 Å². The van der Waals surface area contributed by atoms with Crippen molar-refractivity contribution in [3.63, 3.8) is 0 Å². The van der Waals surface area contributed by atoms with Gasteiger partial charge in [-0.25, -0.2) is 0 Å². The van der Waals surface area contributed by atoms with Crippen LogP contribution in [0.3, 0.4) is 0 Å². The molecule has 2 nitrogen and oxygen atoms in total. The lowest BCUT2D eigenvalue weighted by atomic mass is 9.78. The van der Waals surface area contributed by atoms with Crippen molar-refractivity contribution < 1.29 is 0 Å². The van der Waals surface area contributed by atoms with E-state index in [1.165, 1.54) is 38.5 Å². The molecule has 2 heteroatoms. The van der Waals surface area contributed by atoms with Gasteiger partial charge in [0.15, 0.2) is 0 Å². The van der Waals surface area contributed by atoms with Crippen LogP contribution in [-0.4, -0.2) is 12.1 Å². The number of hydrogen-bond acceptors (Lipinski definition) is 2. The average Bonchev–Trinajstić information content (AvgIpc) is 2.04. The van der Waals surface area contributed by atoms with Crippen molar-refractivity contribution in [1.29, 1.82) is 0 Å². The molecule has 1 heterocycles. The van der Waals surface area contributed by atoms with Crippen molar-refractivity contribution in [2.75, 3.05) is 0 Å². The summed E-state index contributed by atoms with van der Waals surface area (Å²) in [4.78, 5) is 0. The minimum absolute atomic E-state index is 0. The van der Waals surface area contributed by atoms with Gasteiger partial charge in [0.2, 0.25) is 0 Å². The monoisotopic (exact) mass is 170 g/mol. The summed E-state index contributed by atoms with van der Waals surface area (Å²) >= 11 is 0. The molecule has 4 N–H and O–H groups in total. The first-order chi connectivity index (χ1) is 5.36. The largest absolute Gasteiger partial charge is 0.344 e. The summed E-state index contributed by atoms with van der Waals surface area (Å²) in [7, 11) is 0. The third kappa shape index (κ3) is 1.99. The molecular formula is C10H22N2. The highest BCUT2D eigenvalue weighted by molar-refractivity contribution is 4.87. The molecule has 0 radical (unpaired) electrons. The lowest BCUT2D eigenvalue weighted by Crippen LogP contribution is -2.47. The van der Waals surface area contributed by atoms with Crippen molar-refractivity contribution in [2.45, 2.75) is 57.5 Å². The molecule has 2 rings (SSSR count). The van der Waals surface area contributed by atoms with Gasteiger partial charge in [-0.1, -0.05) is 12.8 Å². The van der Waals surface area contributed by atoms with Gasteiger partial charge in [-0.2, -0.15) is 0 Å². The van der Waals surface area contributed by atoms with Gasteiger partial charge in [0.25, 0.3) is 0 Å². The Morgan fingerprint density at radius 1 is 1.00 bits per heavy atom. The lowest BCUT2D eigenvalue weighted by Gasteiger charge is -2.39. The summed E-state index contributed by atoms with van der Waals surface area (Å²) < 4.78 is 0. The molecule has 2 aliphatic rings. The third-order valence-corrected chi connectivity index (χ3v) is 3.38. The zero-order valence-electron chi connectivity index (χ0n) is 8.18. The summed E-state index contributed by atoms with van der Waals surface area (Å²) in [5.41, 5.74) is 0. The molecule has 72 valence electrons. The average molecular weight is 170 g/mol. The summed E-state index contributed by atoms with van der Waals surface area (Å²) in [5, 5.41) is 3.72. The maximum absolute atomic E-state index is 3.72.